The summed E-state index contributed by atoms with van der Waals surface area (Å²) in [5, 5.41) is 3.09. The van der Waals surface area contributed by atoms with Crippen molar-refractivity contribution < 1.29 is 4.79 Å². The maximum absolute atomic E-state index is 11.5. The lowest BCUT2D eigenvalue weighted by atomic mass is 9.83. The SMILES string of the molecule is CCCC1CCC(NC(=O)CC(C)N)CC1.Cl. The quantitative estimate of drug-likeness (QED) is 0.800. The third-order valence-electron chi connectivity index (χ3n) is 3.42. The summed E-state index contributed by atoms with van der Waals surface area (Å²) in [6.07, 6.45) is 7.93. The van der Waals surface area contributed by atoms with E-state index >= 15 is 0 Å². The highest BCUT2D eigenvalue weighted by atomic mass is 35.5. The van der Waals surface area contributed by atoms with E-state index in [1.54, 1.807) is 0 Å². The van der Waals surface area contributed by atoms with Crippen molar-refractivity contribution in [3.63, 3.8) is 0 Å². The van der Waals surface area contributed by atoms with Gasteiger partial charge in [0.25, 0.3) is 0 Å². The summed E-state index contributed by atoms with van der Waals surface area (Å²) in [7, 11) is 0. The van der Waals surface area contributed by atoms with E-state index in [4.69, 9.17) is 5.73 Å². The van der Waals surface area contributed by atoms with Crippen LogP contribution in [0.4, 0.5) is 0 Å². The van der Waals surface area contributed by atoms with Crippen LogP contribution in [0.15, 0.2) is 0 Å². The van der Waals surface area contributed by atoms with E-state index in [0.29, 0.717) is 12.5 Å². The molecule has 0 radical (unpaired) electrons. The van der Waals surface area contributed by atoms with Crippen LogP contribution in [0.5, 0.6) is 0 Å². The molecule has 1 fully saturated rings. The number of hydrogen-bond donors (Lipinski definition) is 2. The molecule has 0 aromatic carbocycles. The largest absolute Gasteiger partial charge is 0.353 e. The first-order valence-corrected chi connectivity index (χ1v) is 6.66. The third kappa shape index (κ3) is 6.89. The molecule has 1 atom stereocenters. The Bertz CT molecular complexity index is 213. The molecule has 0 aromatic rings. The Morgan fingerprint density at radius 2 is 1.94 bits per heavy atom. The molecule has 3 nitrogen and oxygen atoms in total. The zero-order valence-electron chi connectivity index (χ0n) is 11.1. The first-order chi connectivity index (χ1) is 7.61. The average Bonchev–Trinajstić information content (AvgIpc) is 2.20. The highest BCUT2D eigenvalue weighted by Crippen LogP contribution is 2.27. The minimum absolute atomic E-state index is 0. The van der Waals surface area contributed by atoms with Gasteiger partial charge in [-0.2, -0.15) is 0 Å². The molecule has 1 aliphatic rings. The summed E-state index contributed by atoms with van der Waals surface area (Å²) in [6.45, 7) is 4.12. The van der Waals surface area contributed by atoms with Crippen molar-refractivity contribution in [3.05, 3.63) is 0 Å². The molecule has 0 heterocycles. The molecule has 0 aliphatic heterocycles. The highest BCUT2D eigenvalue weighted by Gasteiger charge is 2.21. The summed E-state index contributed by atoms with van der Waals surface area (Å²) in [4.78, 5) is 11.5. The minimum atomic E-state index is -0.0311. The van der Waals surface area contributed by atoms with Crippen LogP contribution < -0.4 is 11.1 Å². The first-order valence-electron chi connectivity index (χ1n) is 6.66. The maximum Gasteiger partial charge on any atom is 0.221 e. The molecule has 1 rings (SSSR count). The van der Waals surface area contributed by atoms with Gasteiger partial charge in [-0.05, 0) is 38.5 Å². The molecule has 17 heavy (non-hydrogen) atoms. The predicted molar refractivity (Wildman–Crippen MR) is 74.3 cm³/mol. The Labute approximate surface area is 111 Å². The van der Waals surface area contributed by atoms with E-state index in [2.05, 4.69) is 12.2 Å². The third-order valence-corrected chi connectivity index (χ3v) is 3.42. The van der Waals surface area contributed by atoms with Gasteiger partial charge in [0.1, 0.15) is 0 Å². The Hall–Kier alpha value is -0.280. The predicted octanol–water partition coefficient (Wildman–Crippen LogP) is 2.62. The second-order valence-corrected chi connectivity index (χ2v) is 5.26. The molecule has 0 saturated heterocycles. The van der Waals surface area contributed by atoms with Crippen molar-refractivity contribution in [3.8, 4) is 0 Å². The average molecular weight is 263 g/mol. The normalized spacial score (nSPS) is 25.8. The standard InChI is InChI=1S/C13H26N2O.ClH/c1-3-4-11-5-7-12(8-6-11)15-13(16)9-10(2)14;/h10-12H,3-9,14H2,1-2H3,(H,15,16);1H. The van der Waals surface area contributed by atoms with Crippen LogP contribution in [-0.4, -0.2) is 18.0 Å². The molecule has 0 spiro atoms. The second kappa shape index (κ2) is 8.76. The van der Waals surface area contributed by atoms with Crippen LogP contribution in [0, 0.1) is 5.92 Å². The van der Waals surface area contributed by atoms with E-state index < -0.39 is 0 Å². The number of halogens is 1. The lowest BCUT2D eigenvalue weighted by molar-refractivity contribution is -0.122. The van der Waals surface area contributed by atoms with E-state index in [9.17, 15) is 4.79 Å². The van der Waals surface area contributed by atoms with E-state index in [1.165, 1.54) is 25.7 Å². The van der Waals surface area contributed by atoms with Gasteiger partial charge in [-0.1, -0.05) is 19.8 Å². The van der Waals surface area contributed by atoms with Gasteiger partial charge in [0, 0.05) is 18.5 Å². The number of nitrogens with one attached hydrogen (secondary N) is 1. The monoisotopic (exact) mass is 262 g/mol. The number of nitrogens with two attached hydrogens (primary N) is 1. The summed E-state index contributed by atoms with van der Waals surface area (Å²) in [6, 6.07) is 0.371. The molecule has 0 bridgehead atoms. The second-order valence-electron chi connectivity index (χ2n) is 5.26. The van der Waals surface area contributed by atoms with Crippen molar-refractivity contribution in [2.24, 2.45) is 11.7 Å². The van der Waals surface area contributed by atoms with Crippen molar-refractivity contribution in [1.29, 1.82) is 0 Å². The molecule has 1 amide bonds. The first kappa shape index (κ1) is 16.7. The van der Waals surface area contributed by atoms with Crippen molar-refractivity contribution in [2.45, 2.75) is 70.9 Å². The zero-order chi connectivity index (χ0) is 12.0. The van der Waals surface area contributed by atoms with Gasteiger partial charge in [0.2, 0.25) is 5.91 Å². The van der Waals surface area contributed by atoms with Gasteiger partial charge >= 0.3 is 0 Å². The van der Waals surface area contributed by atoms with Crippen molar-refractivity contribution >= 4 is 18.3 Å². The molecule has 3 N–H and O–H groups in total. The van der Waals surface area contributed by atoms with Crippen molar-refractivity contribution in [2.75, 3.05) is 0 Å². The van der Waals surface area contributed by atoms with Gasteiger partial charge in [-0.3, -0.25) is 4.79 Å². The zero-order valence-corrected chi connectivity index (χ0v) is 11.9. The Morgan fingerprint density at radius 1 is 1.35 bits per heavy atom. The van der Waals surface area contributed by atoms with Gasteiger partial charge in [-0.15, -0.1) is 12.4 Å². The molecule has 4 heteroatoms. The number of hydrogen-bond acceptors (Lipinski definition) is 2. The van der Waals surface area contributed by atoms with Crippen LogP contribution in [-0.2, 0) is 4.79 Å². The molecular formula is C13H27ClN2O. The van der Waals surface area contributed by atoms with Crippen molar-refractivity contribution in [1.82, 2.24) is 5.32 Å². The smallest absolute Gasteiger partial charge is 0.221 e. The van der Waals surface area contributed by atoms with Crippen LogP contribution in [0.3, 0.4) is 0 Å². The topological polar surface area (TPSA) is 55.1 Å². The fourth-order valence-electron chi connectivity index (χ4n) is 2.58. The van der Waals surface area contributed by atoms with E-state index in [-0.39, 0.29) is 24.4 Å². The van der Waals surface area contributed by atoms with Crippen LogP contribution in [0.2, 0.25) is 0 Å². The molecule has 0 aromatic heterocycles. The summed E-state index contributed by atoms with van der Waals surface area (Å²) in [5.74, 6) is 1.01. The van der Waals surface area contributed by atoms with Crippen LogP contribution in [0.25, 0.3) is 0 Å². The lowest BCUT2D eigenvalue weighted by Crippen LogP contribution is -2.39. The number of rotatable bonds is 5. The Morgan fingerprint density at radius 3 is 2.41 bits per heavy atom. The van der Waals surface area contributed by atoms with Gasteiger partial charge in [0.05, 0.1) is 0 Å². The summed E-state index contributed by atoms with van der Waals surface area (Å²) >= 11 is 0. The molecule has 102 valence electrons. The summed E-state index contributed by atoms with van der Waals surface area (Å²) in [5.41, 5.74) is 5.60. The molecule has 1 saturated carbocycles. The fraction of sp³-hybridized carbons (Fsp3) is 0.923. The van der Waals surface area contributed by atoms with Crippen LogP contribution in [0.1, 0.15) is 58.8 Å². The number of carbonyl (C=O) groups excluding carboxylic acids is 1. The lowest BCUT2D eigenvalue weighted by Gasteiger charge is -2.29. The Balaban J connectivity index is 0.00000256. The van der Waals surface area contributed by atoms with E-state index in [0.717, 1.165) is 18.8 Å². The van der Waals surface area contributed by atoms with Gasteiger partial charge in [0.15, 0.2) is 0 Å². The van der Waals surface area contributed by atoms with Crippen LogP contribution >= 0.6 is 12.4 Å². The number of carbonyl (C=O) groups is 1. The number of amides is 1. The molecule has 1 aliphatic carbocycles. The summed E-state index contributed by atoms with van der Waals surface area (Å²) < 4.78 is 0. The fourth-order valence-corrected chi connectivity index (χ4v) is 2.58. The highest BCUT2D eigenvalue weighted by molar-refractivity contribution is 5.85. The Kier molecular flexibility index (Phi) is 8.61. The van der Waals surface area contributed by atoms with E-state index in [1.807, 2.05) is 6.92 Å². The van der Waals surface area contributed by atoms with Gasteiger partial charge in [-0.25, -0.2) is 0 Å². The maximum atomic E-state index is 11.5. The molecule has 1 unspecified atom stereocenters. The minimum Gasteiger partial charge on any atom is -0.353 e. The molecular weight excluding hydrogens is 236 g/mol. The van der Waals surface area contributed by atoms with Gasteiger partial charge < -0.3 is 11.1 Å².